The van der Waals surface area contributed by atoms with Gasteiger partial charge in [0.1, 0.15) is 5.76 Å². The second-order valence-corrected chi connectivity index (χ2v) is 3.69. The van der Waals surface area contributed by atoms with Crippen LogP contribution in [0.5, 0.6) is 0 Å². The van der Waals surface area contributed by atoms with Crippen molar-refractivity contribution >= 4 is 5.91 Å². The van der Waals surface area contributed by atoms with Crippen LogP contribution in [0.15, 0.2) is 16.5 Å². The molecule has 0 bridgehead atoms. The smallest absolute Gasteiger partial charge is 0.300 e. The Balaban J connectivity index is 2.54. The SMILES string of the molecule is CCN(CCCO)Cc1ccc(C(=O)NN)o1. The lowest BCUT2D eigenvalue weighted by atomic mass is 10.3. The topological polar surface area (TPSA) is 91.7 Å². The van der Waals surface area contributed by atoms with E-state index in [9.17, 15) is 4.79 Å². The first-order chi connectivity index (χ1) is 8.21. The fourth-order valence-corrected chi connectivity index (χ4v) is 1.52. The Kier molecular flexibility index (Phi) is 5.68. The summed E-state index contributed by atoms with van der Waals surface area (Å²) >= 11 is 0. The van der Waals surface area contributed by atoms with Crippen molar-refractivity contribution < 1.29 is 14.3 Å². The van der Waals surface area contributed by atoms with Crippen LogP contribution in [0, 0.1) is 0 Å². The molecule has 0 radical (unpaired) electrons. The van der Waals surface area contributed by atoms with Crippen LogP contribution in [-0.2, 0) is 6.54 Å². The Morgan fingerprint density at radius 3 is 2.94 bits per heavy atom. The average molecular weight is 241 g/mol. The number of amides is 1. The van der Waals surface area contributed by atoms with E-state index in [-0.39, 0.29) is 12.4 Å². The van der Waals surface area contributed by atoms with Crippen LogP contribution < -0.4 is 11.3 Å². The predicted molar refractivity (Wildman–Crippen MR) is 63.0 cm³/mol. The van der Waals surface area contributed by atoms with Crippen LogP contribution in [0.1, 0.15) is 29.7 Å². The summed E-state index contributed by atoms with van der Waals surface area (Å²) in [5.74, 6) is 5.49. The van der Waals surface area contributed by atoms with Crippen molar-refractivity contribution in [2.75, 3.05) is 19.7 Å². The fourth-order valence-electron chi connectivity index (χ4n) is 1.52. The second-order valence-electron chi connectivity index (χ2n) is 3.69. The minimum Gasteiger partial charge on any atom is -0.455 e. The molecule has 0 aromatic carbocycles. The lowest BCUT2D eigenvalue weighted by molar-refractivity contribution is 0.0922. The van der Waals surface area contributed by atoms with E-state index < -0.39 is 5.91 Å². The number of nitrogens with zero attached hydrogens (tertiary/aromatic N) is 1. The molecule has 1 aromatic rings. The summed E-state index contributed by atoms with van der Waals surface area (Å²) in [6, 6.07) is 3.35. The molecule has 0 spiro atoms. The van der Waals surface area contributed by atoms with Crippen LogP contribution in [0.25, 0.3) is 0 Å². The third-order valence-corrected chi connectivity index (χ3v) is 2.48. The van der Waals surface area contributed by atoms with Crippen LogP contribution in [0.2, 0.25) is 0 Å². The monoisotopic (exact) mass is 241 g/mol. The number of hydrogen-bond acceptors (Lipinski definition) is 5. The molecule has 0 aliphatic rings. The van der Waals surface area contributed by atoms with E-state index in [1.165, 1.54) is 0 Å². The normalized spacial score (nSPS) is 10.8. The molecule has 0 aliphatic heterocycles. The summed E-state index contributed by atoms with van der Waals surface area (Å²) in [5.41, 5.74) is 2.02. The molecule has 17 heavy (non-hydrogen) atoms. The number of hydrazine groups is 1. The van der Waals surface area contributed by atoms with E-state index in [1.807, 2.05) is 12.3 Å². The summed E-state index contributed by atoms with van der Waals surface area (Å²) in [6.07, 6.45) is 0.727. The van der Waals surface area contributed by atoms with Gasteiger partial charge in [-0.25, -0.2) is 5.84 Å². The molecule has 1 rings (SSSR count). The number of nitrogen functional groups attached to an aromatic ring is 1. The molecule has 0 saturated heterocycles. The zero-order valence-electron chi connectivity index (χ0n) is 9.98. The van der Waals surface area contributed by atoms with E-state index in [1.54, 1.807) is 12.1 Å². The number of nitrogens with two attached hydrogens (primary N) is 1. The highest BCUT2D eigenvalue weighted by Crippen LogP contribution is 2.10. The number of aliphatic hydroxyl groups excluding tert-OH is 1. The van der Waals surface area contributed by atoms with Gasteiger partial charge in [0.25, 0.3) is 0 Å². The van der Waals surface area contributed by atoms with Gasteiger partial charge in [0.05, 0.1) is 6.54 Å². The maximum Gasteiger partial charge on any atom is 0.300 e. The van der Waals surface area contributed by atoms with Crippen molar-refractivity contribution in [3.8, 4) is 0 Å². The van der Waals surface area contributed by atoms with Gasteiger partial charge in [-0.15, -0.1) is 0 Å². The van der Waals surface area contributed by atoms with E-state index in [0.717, 1.165) is 19.5 Å². The van der Waals surface area contributed by atoms with Gasteiger partial charge in [-0.05, 0) is 25.1 Å². The molecule has 0 saturated carbocycles. The molecule has 1 heterocycles. The van der Waals surface area contributed by atoms with Gasteiger partial charge >= 0.3 is 5.91 Å². The first-order valence-electron chi connectivity index (χ1n) is 5.64. The Bertz CT molecular complexity index is 351. The minimum absolute atomic E-state index is 0.176. The number of furan rings is 1. The number of rotatable bonds is 7. The van der Waals surface area contributed by atoms with E-state index in [0.29, 0.717) is 12.3 Å². The van der Waals surface area contributed by atoms with E-state index in [2.05, 4.69) is 4.90 Å². The molecule has 96 valence electrons. The van der Waals surface area contributed by atoms with Crippen molar-refractivity contribution in [3.05, 3.63) is 23.7 Å². The number of carbonyl (C=O) groups is 1. The van der Waals surface area contributed by atoms with Crippen LogP contribution >= 0.6 is 0 Å². The summed E-state index contributed by atoms with van der Waals surface area (Å²) in [5, 5.41) is 8.77. The minimum atomic E-state index is -0.436. The van der Waals surface area contributed by atoms with E-state index in [4.69, 9.17) is 15.4 Å². The van der Waals surface area contributed by atoms with E-state index >= 15 is 0 Å². The molecule has 1 amide bonds. The lowest BCUT2D eigenvalue weighted by Crippen LogP contribution is -2.29. The van der Waals surface area contributed by atoms with Crippen LogP contribution in [0.4, 0.5) is 0 Å². The Hall–Kier alpha value is -1.37. The second kappa shape index (κ2) is 7.05. The zero-order chi connectivity index (χ0) is 12.7. The molecule has 0 atom stereocenters. The van der Waals surface area contributed by atoms with Crippen molar-refractivity contribution in [1.29, 1.82) is 0 Å². The number of aliphatic hydroxyl groups is 1. The fraction of sp³-hybridized carbons (Fsp3) is 0.545. The maximum atomic E-state index is 11.2. The average Bonchev–Trinajstić information content (AvgIpc) is 2.81. The molecule has 0 fully saturated rings. The van der Waals surface area contributed by atoms with Gasteiger partial charge in [0, 0.05) is 13.2 Å². The van der Waals surface area contributed by atoms with Crippen molar-refractivity contribution in [1.82, 2.24) is 10.3 Å². The predicted octanol–water partition coefficient (Wildman–Crippen LogP) is 0.0874. The number of hydrogen-bond donors (Lipinski definition) is 3. The van der Waals surface area contributed by atoms with Gasteiger partial charge in [-0.1, -0.05) is 6.92 Å². The summed E-state index contributed by atoms with van der Waals surface area (Å²) in [4.78, 5) is 13.3. The Morgan fingerprint density at radius 1 is 1.59 bits per heavy atom. The molecule has 6 heteroatoms. The molecule has 4 N–H and O–H groups in total. The van der Waals surface area contributed by atoms with Crippen molar-refractivity contribution in [2.24, 2.45) is 5.84 Å². The standard InChI is InChI=1S/C11H19N3O3/c1-2-14(6-3-7-15)8-9-4-5-10(17-9)11(16)13-12/h4-5,15H,2-3,6-8,12H2,1H3,(H,13,16). The van der Waals surface area contributed by atoms with Gasteiger partial charge in [-0.2, -0.15) is 0 Å². The Labute approximate surface area is 100 Å². The quantitative estimate of drug-likeness (QED) is 0.357. The van der Waals surface area contributed by atoms with Crippen LogP contribution in [0.3, 0.4) is 0 Å². The zero-order valence-corrected chi connectivity index (χ0v) is 9.98. The molecular formula is C11H19N3O3. The van der Waals surface area contributed by atoms with Crippen LogP contribution in [-0.4, -0.2) is 35.6 Å². The third-order valence-electron chi connectivity index (χ3n) is 2.48. The molecule has 1 aromatic heterocycles. The highest BCUT2D eigenvalue weighted by molar-refractivity contribution is 5.90. The largest absolute Gasteiger partial charge is 0.455 e. The van der Waals surface area contributed by atoms with Gasteiger partial charge in [0.2, 0.25) is 0 Å². The summed E-state index contributed by atoms with van der Waals surface area (Å²) in [6.45, 7) is 4.49. The first kappa shape index (κ1) is 13.7. The van der Waals surface area contributed by atoms with Gasteiger partial charge in [0.15, 0.2) is 5.76 Å². The highest BCUT2D eigenvalue weighted by Gasteiger charge is 2.11. The van der Waals surface area contributed by atoms with Gasteiger partial charge < -0.3 is 9.52 Å². The number of nitrogens with one attached hydrogen (secondary N) is 1. The Morgan fingerprint density at radius 2 is 2.35 bits per heavy atom. The molecule has 6 nitrogen and oxygen atoms in total. The third kappa shape index (κ3) is 4.18. The van der Waals surface area contributed by atoms with Crippen molar-refractivity contribution in [2.45, 2.75) is 19.9 Å². The number of carbonyl (C=O) groups excluding carboxylic acids is 1. The molecule has 0 unspecified atom stereocenters. The molecule has 0 aliphatic carbocycles. The first-order valence-corrected chi connectivity index (χ1v) is 5.64. The van der Waals surface area contributed by atoms with Gasteiger partial charge in [-0.3, -0.25) is 15.1 Å². The maximum absolute atomic E-state index is 11.2. The lowest BCUT2D eigenvalue weighted by Gasteiger charge is -2.18. The molecular weight excluding hydrogens is 222 g/mol. The highest BCUT2D eigenvalue weighted by atomic mass is 16.4. The van der Waals surface area contributed by atoms with Crippen molar-refractivity contribution in [3.63, 3.8) is 0 Å². The summed E-state index contributed by atoms with van der Waals surface area (Å²) < 4.78 is 5.35. The summed E-state index contributed by atoms with van der Waals surface area (Å²) in [7, 11) is 0.